The quantitative estimate of drug-likeness (QED) is 0.315. The SMILES string of the molecule is COc1ccc(NC(=O)CSc2nc3c(sc4ncccc43)c(=O)n2C[C@H]2CCCO2)cc1. The van der Waals surface area contributed by atoms with Gasteiger partial charge in [0.05, 0.1) is 31.0 Å². The summed E-state index contributed by atoms with van der Waals surface area (Å²) in [6.07, 6.45) is 3.57. The van der Waals surface area contributed by atoms with Gasteiger partial charge >= 0.3 is 0 Å². The molecule has 0 aliphatic carbocycles. The van der Waals surface area contributed by atoms with E-state index >= 15 is 0 Å². The van der Waals surface area contributed by atoms with Crippen molar-refractivity contribution in [1.82, 2.24) is 14.5 Å². The highest BCUT2D eigenvalue weighted by atomic mass is 32.2. The number of carbonyl (C=O) groups is 1. The fraction of sp³-hybridized carbons (Fsp3) is 0.304. The molecule has 0 spiro atoms. The summed E-state index contributed by atoms with van der Waals surface area (Å²) in [5, 5.41) is 4.23. The molecule has 3 aromatic heterocycles. The number of nitrogens with zero attached hydrogens (tertiary/aromatic N) is 3. The number of thiophene rings is 1. The molecule has 33 heavy (non-hydrogen) atoms. The van der Waals surface area contributed by atoms with Crippen LogP contribution in [0.25, 0.3) is 20.4 Å². The van der Waals surface area contributed by atoms with Gasteiger partial charge in [-0.05, 0) is 49.2 Å². The lowest BCUT2D eigenvalue weighted by molar-refractivity contribution is -0.113. The van der Waals surface area contributed by atoms with Crippen LogP contribution in [-0.2, 0) is 16.1 Å². The number of amides is 1. The highest BCUT2D eigenvalue weighted by Gasteiger charge is 2.22. The van der Waals surface area contributed by atoms with Crippen LogP contribution in [0, 0.1) is 0 Å². The van der Waals surface area contributed by atoms with E-state index in [1.165, 1.54) is 23.1 Å². The number of nitrogens with one attached hydrogen (secondary N) is 1. The maximum Gasteiger partial charge on any atom is 0.272 e. The number of benzene rings is 1. The Morgan fingerprint density at radius 3 is 2.94 bits per heavy atom. The molecule has 5 rings (SSSR count). The Labute approximate surface area is 197 Å². The zero-order valence-electron chi connectivity index (χ0n) is 17.9. The number of methoxy groups -OCH3 is 1. The molecule has 0 radical (unpaired) electrons. The Bertz CT molecular complexity index is 1360. The van der Waals surface area contributed by atoms with Gasteiger partial charge in [0.1, 0.15) is 15.3 Å². The second-order valence-corrected chi connectivity index (χ2v) is 9.59. The highest BCUT2D eigenvalue weighted by Crippen LogP contribution is 2.31. The predicted molar refractivity (Wildman–Crippen MR) is 131 cm³/mol. The van der Waals surface area contributed by atoms with Crippen LogP contribution in [-0.4, -0.2) is 46.0 Å². The average molecular weight is 483 g/mol. The van der Waals surface area contributed by atoms with E-state index < -0.39 is 0 Å². The number of anilines is 1. The molecule has 4 aromatic rings. The van der Waals surface area contributed by atoms with Gasteiger partial charge < -0.3 is 14.8 Å². The van der Waals surface area contributed by atoms with E-state index in [4.69, 9.17) is 14.5 Å². The van der Waals surface area contributed by atoms with Crippen LogP contribution in [0.5, 0.6) is 5.75 Å². The molecule has 1 aliphatic heterocycles. The Morgan fingerprint density at radius 1 is 1.33 bits per heavy atom. The van der Waals surface area contributed by atoms with Gasteiger partial charge in [0.25, 0.3) is 5.56 Å². The molecule has 0 saturated carbocycles. The molecule has 1 atom stereocenters. The molecule has 1 N–H and O–H groups in total. The van der Waals surface area contributed by atoms with E-state index in [1.807, 2.05) is 12.1 Å². The third-order valence-corrected chi connectivity index (χ3v) is 7.50. The lowest BCUT2D eigenvalue weighted by Crippen LogP contribution is -2.28. The number of hydrogen-bond acceptors (Lipinski definition) is 8. The zero-order chi connectivity index (χ0) is 22.8. The topological polar surface area (TPSA) is 95.3 Å². The summed E-state index contributed by atoms with van der Waals surface area (Å²) in [6.45, 7) is 1.13. The van der Waals surface area contributed by atoms with Gasteiger partial charge in [0.2, 0.25) is 5.91 Å². The van der Waals surface area contributed by atoms with Crippen molar-refractivity contribution in [3.63, 3.8) is 0 Å². The summed E-state index contributed by atoms with van der Waals surface area (Å²) in [6, 6.07) is 10.9. The average Bonchev–Trinajstić information content (AvgIpc) is 3.48. The van der Waals surface area contributed by atoms with Crippen LogP contribution >= 0.6 is 23.1 Å². The number of hydrogen-bond donors (Lipinski definition) is 1. The molecule has 1 amide bonds. The second kappa shape index (κ2) is 9.50. The summed E-state index contributed by atoms with van der Waals surface area (Å²) in [5.41, 5.74) is 1.20. The van der Waals surface area contributed by atoms with Crippen molar-refractivity contribution in [3.8, 4) is 5.75 Å². The van der Waals surface area contributed by atoms with Gasteiger partial charge in [-0.3, -0.25) is 14.2 Å². The minimum atomic E-state index is -0.181. The van der Waals surface area contributed by atoms with Crippen LogP contribution in [0.3, 0.4) is 0 Å². The van der Waals surface area contributed by atoms with Crippen molar-refractivity contribution in [2.45, 2.75) is 30.6 Å². The van der Waals surface area contributed by atoms with Crippen molar-refractivity contribution < 1.29 is 14.3 Å². The maximum absolute atomic E-state index is 13.4. The minimum Gasteiger partial charge on any atom is -0.497 e. The number of thioether (sulfide) groups is 1. The molecule has 1 fully saturated rings. The van der Waals surface area contributed by atoms with Crippen molar-refractivity contribution in [2.75, 3.05) is 24.8 Å². The molecule has 1 aromatic carbocycles. The molecule has 10 heteroatoms. The lowest BCUT2D eigenvalue weighted by atomic mass is 10.2. The number of aromatic nitrogens is 3. The molecule has 170 valence electrons. The normalized spacial score (nSPS) is 15.8. The molecule has 4 heterocycles. The van der Waals surface area contributed by atoms with Crippen molar-refractivity contribution >= 4 is 55.1 Å². The molecule has 0 bridgehead atoms. The fourth-order valence-electron chi connectivity index (χ4n) is 3.81. The monoisotopic (exact) mass is 482 g/mol. The van der Waals surface area contributed by atoms with Crippen molar-refractivity contribution in [2.24, 2.45) is 0 Å². The van der Waals surface area contributed by atoms with Crippen LogP contribution in [0.4, 0.5) is 5.69 Å². The summed E-state index contributed by atoms with van der Waals surface area (Å²) < 4.78 is 13.1. The minimum absolute atomic E-state index is 0.0260. The van der Waals surface area contributed by atoms with Gasteiger partial charge in [-0.25, -0.2) is 9.97 Å². The first-order valence-electron chi connectivity index (χ1n) is 10.6. The maximum atomic E-state index is 13.4. The first-order valence-corrected chi connectivity index (χ1v) is 12.4. The van der Waals surface area contributed by atoms with Gasteiger partial charge in [-0.2, -0.15) is 0 Å². The first kappa shape index (κ1) is 21.9. The van der Waals surface area contributed by atoms with E-state index in [9.17, 15) is 9.59 Å². The van der Waals surface area contributed by atoms with Gasteiger partial charge in [-0.15, -0.1) is 11.3 Å². The number of carbonyl (C=O) groups excluding carboxylic acids is 1. The summed E-state index contributed by atoms with van der Waals surface area (Å²) in [4.78, 5) is 36.0. The summed E-state index contributed by atoms with van der Waals surface area (Å²) in [5.74, 6) is 0.658. The highest BCUT2D eigenvalue weighted by molar-refractivity contribution is 7.99. The zero-order valence-corrected chi connectivity index (χ0v) is 19.6. The first-order chi connectivity index (χ1) is 16.1. The van der Waals surface area contributed by atoms with Gasteiger partial charge in [0.15, 0.2) is 5.16 Å². The molecular formula is C23H22N4O4S2. The molecule has 1 saturated heterocycles. The van der Waals surface area contributed by atoms with E-state index in [2.05, 4.69) is 10.3 Å². The van der Waals surface area contributed by atoms with Crippen LogP contribution in [0.15, 0.2) is 52.5 Å². The Balaban J connectivity index is 1.43. The second-order valence-electron chi connectivity index (χ2n) is 7.65. The van der Waals surface area contributed by atoms with E-state index in [1.54, 1.807) is 42.1 Å². The lowest BCUT2D eigenvalue weighted by Gasteiger charge is -2.15. The van der Waals surface area contributed by atoms with Crippen molar-refractivity contribution in [1.29, 1.82) is 0 Å². The van der Waals surface area contributed by atoms with E-state index in [-0.39, 0.29) is 23.3 Å². The molecule has 1 aliphatic rings. The van der Waals surface area contributed by atoms with E-state index in [0.717, 1.165) is 28.8 Å². The third kappa shape index (κ3) is 4.59. The van der Waals surface area contributed by atoms with Gasteiger partial charge in [-0.1, -0.05) is 11.8 Å². The molecule has 0 unspecified atom stereocenters. The smallest absolute Gasteiger partial charge is 0.272 e. The van der Waals surface area contributed by atoms with Crippen molar-refractivity contribution in [3.05, 3.63) is 52.9 Å². The van der Waals surface area contributed by atoms with Gasteiger partial charge in [0, 0.05) is 23.9 Å². The van der Waals surface area contributed by atoms with Crippen LogP contribution in [0.1, 0.15) is 12.8 Å². The third-order valence-electron chi connectivity index (χ3n) is 5.43. The molecular weight excluding hydrogens is 460 g/mol. The number of rotatable bonds is 7. The van der Waals surface area contributed by atoms with E-state index in [0.29, 0.717) is 34.2 Å². The number of ether oxygens (including phenoxy) is 2. The number of fused-ring (bicyclic) bond motifs is 3. The summed E-state index contributed by atoms with van der Waals surface area (Å²) in [7, 11) is 1.59. The fourth-order valence-corrected chi connectivity index (χ4v) is 5.64. The standard InChI is InChI=1S/C23H22N4O4S2/c1-30-15-8-6-14(7-9-15)25-18(28)13-32-23-26-19-17-5-2-10-24-21(17)33-20(19)22(29)27(23)12-16-4-3-11-31-16/h2,5-10,16H,3-4,11-13H2,1H3,(H,25,28)/t16-/m1/s1. The van der Waals surface area contributed by atoms with Crippen LogP contribution < -0.4 is 15.6 Å². The van der Waals surface area contributed by atoms with Crippen LogP contribution in [0.2, 0.25) is 0 Å². The largest absolute Gasteiger partial charge is 0.497 e. The predicted octanol–water partition coefficient (Wildman–Crippen LogP) is 3.92. The Kier molecular flexibility index (Phi) is 6.30. The summed E-state index contributed by atoms with van der Waals surface area (Å²) >= 11 is 2.60. The molecule has 8 nitrogen and oxygen atoms in total. The number of pyridine rings is 1. The Hall–Kier alpha value is -2.95. The Morgan fingerprint density at radius 2 is 2.18 bits per heavy atom.